The summed E-state index contributed by atoms with van der Waals surface area (Å²) in [6, 6.07) is 0. The van der Waals surface area contributed by atoms with Crippen molar-refractivity contribution in [1.82, 2.24) is 4.90 Å². The molecule has 1 aliphatic rings. The van der Waals surface area contributed by atoms with Crippen molar-refractivity contribution >= 4 is 34.5 Å². The van der Waals surface area contributed by atoms with Gasteiger partial charge in [0.25, 0.3) is 10.1 Å². The molecule has 1 N–H and O–H groups in total. The van der Waals surface area contributed by atoms with Crippen molar-refractivity contribution < 1.29 is 32.1 Å². The molecule has 2 amide bonds. The first kappa shape index (κ1) is 17.4. The SMILES string of the molecule is O=[C]CCCCCC([C]=O)(N1C(=O)CCC1=O)S(=O)(=O)O. The van der Waals surface area contributed by atoms with Gasteiger partial charge in [-0.05, 0) is 19.3 Å². The zero-order chi connectivity index (χ0) is 16.1. The summed E-state index contributed by atoms with van der Waals surface area (Å²) in [4.78, 5) is 42.2. The maximum Gasteiger partial charge on any atom is 0.297 e. The molecular formula is C12H15NO7S. The molecule has 21 heavy (non-hydrogen) atoms. The molecule has 0 aromatic heterocycles. The molecule has 2 radical (unpaired) electrons. The second-order valence-corrected chi connectivity index (χ2v) is 6.31. The Morgan fingerprint density at radius 2 is 1.67 bits per heavy atom. The molecule has 1 unspecified atom stereocenters. The largest absolute Gasteiger partial charge is 0.297 e. The van der Waals surface area contributed by atoms with E-state index in [-0.39, 0.29) is 25.7 Å². The molecule has 1 saturated heterocycles. The Kier molecular flexibility index (Phi) is 5.73. The zero-order valence-corrected chi connectivity index (χ0v) is 12.0. The lowest BCUT2D eigenvalue weighted by Crippen LogP contribution is -2.57. The van der Waals surface area contributed by atoms with Crippen molar-refractivity contribution in [3.63, 3.8) is 0 Å². The summed E-state index contributed by atoms with van der Waals surface area (Å²) in [7, 11) is -5.04. The third kappa shape index (κ3) is 3.53. The van der Waals surface area contributed by atoms with Crippen molar-refractivity contribution in [2.75, 3.05) is 0 Å². The fourth-order valence-corrected chi connectivity index (χ4v) is 3.17. The van der Waals surface area contributed by atoms with Crippen LogP contribution < -0.4 is 0 Å². The van der Waals surface area contributed by atoms with Gasteiger partial charge in [-0.3, -0.25) is 28.6 Å². The number of hydrogen-bond acceptors (Lipinski definition) is 6. The standard InChI is InChI=1S/C12H15NO7S/c14-8-4-2-1-3-7-12(9-15,21(18,19)20)13-10(16)5-6-11(13)17/h1-7H2,(H,18,19,20). The number of amides is 2. The van der Waals surface area contributed by atoms with Gasteiger partial charge in [0.2, 0.25) is 23.0 Å². The van der Waals surface area contributed by atoms with Gasteiger partial charge in [-0.25, -0.2) is 0 Å². The molecule has 1 fully saturated rings. The summed E-state index contributed by atoms with van der Waals surface area (Å²) in [6.07, 6.45) is 3.04. The van der Waals surface area contributed by atoms with Crippen LogP contribution in [0, 0.1) is 0 Å². The molecule has 0 saturated carbocycles. The van der Waals surface area contributed by atoms with Crippen molar-refractivity contribution in [2.45, 2.75) is 49.8 Å². The van der Waals surface area contributed by atoms with Gasteiger partial charge in [-0.1, -0.05) is 6.42 Å². The van der Waals surface area contributed by atoms with Crippen LogP contribution in [0.2, 0.25) is 0 Å². The van der Waals surface area contributed by atoms with Gasteiger partial charge in [0.15, 0.2) is 6.29 Å². The van der Waals surface area contributed by atoms with Crippen LogP contribution in [0.25, 0.3) is 0 Å². The highest BCUT2D eigenvalue weighted by Crippen LogP contribution is 2.31. The Balaban J connectivity index is 3.00. The minimum Gasteiger partial charge on any atom is -0.291 e. The molecule has 0 aliphatic carbocycles. The van der Waals surface area contributed by atoms with Crippen molar-refractivity contribution in [3.05, 3.63) is 0 Å². The Bertz CT molecular complexity index is 526. The lowest BCUT2D eigenvalue weighted by atomic mass is 10.1. The monoisotopic (exact) mass is 317 g/mol. The number of rotatable bonds is 9. The molecule has 0 aromatic rings. The predicted molar refractivity (Wildman–Crippen MR) is 69.8 cm³/mol. The van der Waals surface area contributed by atoms with E-state index < -0.39 is 33.2 Å². The number of imide groups is 1. The third-order valence-electron chi connectivity index (χ3n) is 3.29. The normalized spacial score (nSPS) is 18.6. The predicted octanol–water partition coefficient (Wildman–Crippen LogP) is -0.111. The lowest BCUT2D eigenvalue weighted by Gasteiger charge is -2.31. The summed E-state index contributed by atoms with van der Waals surface area (Å²) >= 11 is 0. The fraction of sp³-hybridized carbons (Fsp3) is 0.667. The van der Waals surface area contributed by atoms with Gasteiger partial charge < -0.3 is 0 Å². The summed E-state index contributed by atoms with van der Waals surface area (Å²) < 4.78 is 32.5. The Labute approximate surface area is 122 Å². The summed E-state index contributed by atoms with van der Waals surface area (Å²) in [5.41, 5.74) is 0. The summed E-state index contributed by atoms with van der Waals surface area (Å²) in [5.74, 6) is -1.66. The average Bonchev–Trinajstić information content (AvgIpc) is 2.73. The van der Waals surface area contributed by atoms with Crippen molar-refractivity contribution in [3.8, 4) is 0 Å². The highest BCUT2D eigenvalue weighted by atomic mass is 32.2. The van der Waals surface area contributed by atoms with Crippen LogP contribution in [-0.4, -0.2) is 47.1 Å². The van der Waals surface area contributed by atoms with Gasteiger partial charge >= 0.3 is 0 Å². The first-order chi connectivity index (χ1) is 9.80. The Hall–Kier alpha value is -1.61. The van der Waals surface area contributed by atoms with Gasteiger partial charge in [0.05, 0.1) is 0 Å². The van der Waals surface area contributed by atoms with Gasteiger partial charge in [-0.15, -0.1) is 0 Å². The highest BCUT2D eigenvalue weighted by Gasteiger charge is 2.55. The van der Waals surface area contributed by atoms with Crippen LogP contribution in [-0.2, 0) is 29.3 Å². The molecular weight excluding hydrogens is 302 g/mol. The van der Waals surface area contributed by atoms with E-state index in [1.165, 1.54) is 6.29 Å². The molecule has 1 heterocycles. The van der Waals surface area contributed by atoms with E-state index in [0.29, 0.717) is 17.7 Å². The van der Waals surface area contributed by atoms with E-state index >= 15 is 0 Å². The van der Waals surface area contributed by atoms with Crippen LogP contribution in [0.3, 0.4) is 0 Å². The first-order valence-corrected chi connectivity index (χ1v) is 7.81. The second kappa shape index (κ2) is 6.90. The minimum atomic E-state index is -5.04. The van der Waals surface area contributed by atoms with Gasteiger partial charge in [0, 0.05) is 19.3 Å². The molecule has 116 valence electrons. The van der Waals surface area contributed by atoms with Crippen LogP contribution in [0.5, 0.6) is 0 Å². The van der Waals surface area contributed by atoms with E-state index in [0.717, 1.165) is 0 Å². The molecule has 1 atom stereocenters. The van der Waals surface area contributed by atoms with E-state index in [1.807, 2.05) is 0 Å². The molecule has 0 bridgehead atoms. The topological polar surface area (TPSA) is 126 Å². The fourth-order valence-electron chi connectivity index (χ4n) is 2.22. The zero-order valence-electron chi connectivity index (χ0n) is 11.2. The molecule has 8 nitrogen and oxygen atoms in total. The second-order valence-electron chi connectivity index (χ2n) is 4.69. The average molecular weight is 317 g/mol. The van der Waals surface area contributed by atoms with Crippen LogP contribution in [0.4, 0.5) is 0 Å². The molecule has 9 heteroatoms. The van der Waals surface area contributed by atoms with E-state index in [2.05, 4.69) is 0 Å². The number of unbranched alkanes of at least 4 members (excludes halogenated alkanes) is 3. The lowest BCUT2D eigenvalue weighted by molar-refractivity contribution is -0.141. The van der Waals surface area contributed by atoms with E-state index in [4.69, 9.17) is 0 Å². The number of nitrogens with zero attached hydrogens (tertiary/aromatic N) is 1. The van der Waals surface area contributed by atoms with Gasteiger partial charge in [-0.2, -0.15) is 8.42 Å². The highest BCUT2D eigenvalue weighted by molar-refractivity contribution is 7.88. The van der Waals surface area contributed by atoms with Crippen LogP contribution in [0.1, 0.15) is 44.9 Å². The molecule has 0 spiro atoms. The van der Waals surface area contributed by atoms with Crippen molar-refractivity contribution in [2.24, 2.45) is 0 Å². The Morgan fingerprint density at radius 1 is 1.10 bits per heavy atom. The smallest absolute Gasteiger partial charge is 0.291 e. The molecule has 1 aliphatic heterocycles. The minimum absolute atomic E-state index is 0.119. The summed E-state index contributed by atoms with van der Waals surface area (Å²) in [5, 5.41) is 0. The van der Waals surface area contributed by atoms with Gasteiger partial charge in [0.1, 0.15) is 0 Å². The molecule has 1 rings (SSSR count). The maximum atomic E-state index is 11.7. The number of hydrogen-bond donors (Lipinski definition) is 1. The van der Waals surface area contributed by atoms with Crippen LogP contribution >= 0.6 is 0 Å². The molecule has 0 aromatic carbocycles. The Morgan fingerprint density at radius 3 is 2.10 bits per heavy atom. The number of carbonyl (C=O) groups is 2. The number of likely N-dealkylation sites (tertiary alicyclic amines) is 1. The summed E-state index contributed by atoms with van der Waals surface area (Å²) in [6.45, 7) is 0. The quantitative estimate of drug-likeness (QED) is 0.357. The third-order valence-corrected chi connectivity index (χ3v) is 4.62. The van der Waals surface area contributed by atoms with E-state index in [1.54, 1.807) is 6.29 Å². The van der Waals surface area contributed by atoms with Crippen LogP contribution in [0.15, 0.2) is 0 Å². The van der Waals surface area contributed by atoms with Crippen molar-refractivity contribution in [1.29, 1.82) is 0 Å². The first-order valence-electron chi connectivity index (χ1n) is 6.37. The number of carbonyl (C=O) groups excluding carboxylic acids is 4. The van der Waals surface area contributed by atoms with E-state index in [9.17, 15) is 32.1 Å². The maximum absolute atomic E-state index is 11.7.